The van der Waals surface area contributed by atoms with Crippen LogP contribution in [0, 0.1) is 0 Å². The summed E-state index contributed by atoms with van der Waals surface area (Å²) in [5.74, 6) is -0.0106. The molecule has 0 bridgehead atoms. The molecule has 0 spiro atoms. The molecule has 1 saturated heterocycles. The Morgan fingerprint density at radius 3 is 2.75 bits per heavy atom. The van der Waals surface area contributed by atoms with Crippen LogP contribution in [0.4, 0.5) is 5.13 Å². The third-order valence-corrected chi connectivity index (χ3v) is 6.31. The Bertz CT molecular complexity index is 659. The zero-order valence-corrected chi connectivity index (χ0v) is 12.5. The fourth-order valence-corrected chi connectivity index (χ4v) is 4.48. The summed E-state index contributed by atoms with van der Waals surface area (Å²) in [5.41, 5.74) is 0. The molecular formula is C11H15N5O2S2. The smallest absolute Gasteiger partial charge is 0.234 e. The maximum Gasteiger partial charge on any atom is 0.234 e. The molecule has 2 aromatic rings. The molecule has 7 nitrogen and oxygen atoms in total. The van der Waals surface area contributed by atoms with Gasteiger partial charge in [0.05, 0.1) is 12.3 Å². The van der Waals surface area contributed by atoms with Crippen LogP contribution in [0.25, 0.3) is 0 Å². The third-order valence-electron chi connectivity index (χ3n) is 3.19. The first-order valence-corrected chi connectivity index (χ1v) is 8.91. The highest BCUT2D eigenvalue weighted by Crippen LogP contribution is 2.27. The fourth-order valence-electron chi connectivity index (χ4n) is 2.10. The van der Waals surface area contributed by atoms with Gasteiger partial charge >= 0.3 is 0 Å². The van der Waals surface area contributed by atoms with E-state index >= 15 is 0 Å². The highest BCUT2D eigenvalue weighted by molar-refractivity contribution is 7.93. The number of anilines is 1. The maximum absolute atomic E-state index is 12.2. The first-order chi connectivity index (χ1) is 9.65. The number of nitrogens with zero attached hydrogens (tertiary/aromatic N) is 5. The van der Waals surface area contributed by atoms with Crippen molar-refractivity contribution in [2.45, 2.75) is 23.7 Å². The maximum atomic E-state index is 12.2. The van der Waals surface area contributed by atoms with Crippen LogP contribution in [-0.2, 0) is 16.4 Å². The van der Waals surface area contributed by atoms with E-state index in [0.29, 0.717) is 11.7 Å². The predicted molar refractivity (Wildman–Crippen MR) is 75.6 cm³/mol. The van der Waals surface area contributed by atoms with Crippen molar-refractivity contribution in [3.8, 4) is 0 Å². The van der Waals surface area contributed by atoms with E-state index < -0.39 is 9.84 Å². The number of rotatable bonds is 5. The lowest BCUT2D eigenvalue weighted by Crippen LogP contribution is -2.17. The van der Waals surface area contributed by atoms with Gasteiger partial charge in [-0.05, 0) is 18.9 Å². The quantitative estimate of drug-likeness (QED) is 0.812. The second kappa shape index (κ2) is 5.49. The summed E-state index contributed by atoms with van der Waals surface area (Å²) < 4.78 is 26.1. The van der Waals surface area contributed by atoms with Crippen molar-refractivity contribution in [3.05, 3.63) is 18.5 Å². The first-order valence-electron chi connectivity index (χ1n) is 6.44. The van der Waals surface area contributed by atoms with Crippen LogP contribution in [-0.4, -0.2) is 47.2 Å². The van der Waals surface area contributed by atoms with Crippen LogP contribution in [0.2, 0.25) is 0 Å². The number of aryl methyl sites for hydroxylation is 1. The molecule has 2 aromatic heterocycles. The van der Waals surface area contributed by atoms with Gasteiger partial charge in [0.2, 0.25) is 19.3 Å². The molecule has 0 saturated carbocycles. The second-order valence-electron chi connectivity index (χ2n) is 4.63. The second-order valence-corrected chi connectivity index (χ2v) is 7.87. The van der Waals surface area contributed by atoms with Gasteiger partial charge in [-0.3, -0.25) is 4.68 Å². The first kappa shape index (κ1) is 13.5. The van der Waals surface area contributed by atoms with Gasteiger partial charge in [0.1, 0.15) is 0 Å². The lowest BCUT2D eigenvalue weighted by molar-refractivity contribution is 0.579. The van der Waals surface area contributed by atoms with Gasteiger partial charge in [-0.15, -0.1) is 10.2 Å². The van der Waals surface area contributed by atoms with Gasteiger partial charge in [-0.2, -0.15) is 5.10 Å². The summed E-state index contributed by atoms with van der Waals surface area (Å²) in [5, 5.41) is 12.5. The zero-order valence-electron chi connectivity index (χ0n) is 10.8. The van der Waals surface area contributed by atoms with E-state index in [-0.39, 0.29) is 10.1 Å². The van der Waals surface area contributed by atoms with E-state index in [1.165, 1.54) is 0 Å². The third kappa shape index (κ3) is 2.83. The Balaban J connectivity index is 1.70. The monoisotopic (exact) mass is 313 g/mol. The normalized spacial score (nSPS) is 15.9. The van der Waals surface area contributed by atoms with Gasteiger partial charge in [-0.1, -0.05) is 11.3 Å². The van der Waals surface area contributed by atoms with Crippen molar-refractivity contribution in [1.82, 2.24) is 20.0 Å². The van der Waals surface area contributed by atoms with Crippen molar-refractivity contribution in [1.29, 1.82) is 0 Å². The molecule has 1 aliphatic rings. The van der Waals surface area contributed by atoms with Crippen molar-refractivity contribution >= 4 is 26.3 Å². The molecule has 0 atom stereocenters. The molecule has 9 heteroatoms. The van der Waals surface area contributed by atoms with Crippen LogP contribution in [0.1, 0.15) is 12.8 Å². The highest BCUT2D eigenvalue weighted by Gasteiger charge is 2.23. The molecule has 0 unspecified atom stereocenters. The molecule has 0 aliphatic carbocycles. The Morgan fingerprint density at radius 2 is 2.05 bits per heavy atom. The Kier molecular flexibility index (Phi) is 3.70. The average Bonchev–Trinajstić information content (AvgIpc) is 3.16. The number of aromatic nitrogens is 4. The largest absolute Gasteiger partial charge is 0.347 e. The van der Waals surface area contributed by atoms with E-state index in [0.717, 1.165) is 37.3 Å². The van der Waals surface area contributed by atoms with Crippen molar-refractivity contribution in [2.24, 2.45) is 0 Å². The van der Waals surface area contributed by atoms with E-state index in [1.807, 2.05) is 0 Å². The molecule has 108 valence electrons. The van der Waals surface area contributed by atoms with E-state index in [9.17, 15) is 8.42 Å². The van der Waals surface area contributed by atoms with Gasteiger partial charge < -0.3 is 4.90 Å². The average molecular weight is 313 g/mol. The summed E-state index contributed by atoms with van der Waals surface area (Å²) >= 11 is 1.16. The van der Waals surface area contributed by atoms with Gasteiger partial charge in [0.15, 0.2) is 0 Å². The summed E-state index contributed by atoms with van der Waals surface area (Å²) in [6, 6.07) is 1.77. The summed E-state index contributed by atoms with van der Waals surface area (Å²) in [6.07, 6.45) is 5.62. The van der Waals surface area contributed by atoms with Crippen molar-refractivity contribution in [3.63, 3.8) is 0 Å². The minimum absolute atomic E-state index is 0.0106. The zero-order chi connectivity index (χ0) is 14.0. The molecule has 0 radical (unpaired) electrons. The van der Waals surface area contributed by atoms with Crippen molar-refractivity contribution in [2.75, 3.05) is 23.7 Å². The highest BCUT2D eigenvalue weighted by atomic mass is 32.2. The molecule has 1 aliphatic heterocycles. The van der Waals surface area contributed by atoms with Crippen LogP contribution < -0.4 is 4.90 Å². The van der Waals surface area contributed by atoms with Crippen LogP contribution in [0.15, 0.2) is 22.8 Å². The molecule has 0 amide bonds. The minimum atomic E-state index is -3.39. The molecule has 3 heterocycles. The lowest BCUT2D eigenvalue weighted by Gasteiger charge is -2.10. The van der Waals surface area contributed by atoms with Crippen LogP contribution >= 0.6 is 11.3 Å². The van der Waals surface area contributed by atoms with Crippen LogP contribution in [0.3, 0.4) is 0 Å². The van der Waals surface area contributed by atoms with Crippen LogP contribution in [0.5, 0.6) is 0 Å². The lowest BCUT2D eigenvalue weighted by atomic mass is 10.4. The number of sulfone groups is 1. The molecule has 0 aromatic carbocycles. The van der Waals surface area contributed by atoms with E-state index in [1.54, 1.807) is 23.1 Å². The Morgan fingerprint density at radius 1 is 1.25 bits per heavy atom. The van der Waals surface area contributed by atoms with Crippen molar-refractivity contribution < 1.29 is 8.42 Å². The van der Waals surface area contributed by atoms with Gasteiger partial charge in [0, 0.05) is 25.5 Å². The summed E-state index contributed by atoms with van der Waals surface area (Å²) in [6.45, 7) is 2.19. The van der Waals surface area contributed by atoms with Gasteiger partial charge in [0.25, 0.3) is 0 Å². The molecule has 20 heavy (non-hydrogen) atoms. The molecule has 3 rings (SSSR count). The number of hydrogen-bond acceptors (Lipinski definition) is 7. The topological polar surface area (TPSA) is 81.0 Å². The van der Waals surface area contributed by atoms with E-state index in [2.05, 4.69) is 20.2 Å². The molecule has 0 N–H and O–H groups in total. The molecular weight excluding hydrogens is 298 g/mol. The predicted octanol–water partition coefficient (Wildman–Crippen LogP) is 0.809. The molecule has 1 fully saturated rings. The standard InChI is InChI=1S/C11H15N5O2S2/c17-20(18,9-8-16-7-3-4-12-16)11-14-13-10(19-11)15-5-1-2-6-15/h3-4,7H,1-2,5-6,8-9H2. The van der Waals surface area contributed by atoms with E-state index in [4.69, 9.17) is 0 Å². The Hall–Kier alpha value is -1.48. The SMILES string of the molecule is O=S(=O)(CCn1cccn1)c1nnc(N2CCCC2)s1. The number of hydrogen-bond donors (Lipinski definition) is 0. The summed E-state index contributed by atoms with van der Waals surface area (Å²) in [4.78, 5) is 2.09. The summed E-state index contributed by atoms with van der Waals surface area (Å²) in [7, 11) is -3.39. The van der Waals surface area contributed by atoms with Gasteiger partial charge in [-0.25, -0.2) is 8.42 Å². The Labute approximate surface area is 121 Å². The fraction of sp³-hybridized carbons (Fsp3) is 0.545. The minimum Gasteiger partial charge on any atom is -0.347 e.